The Kier molecular flexibility index (Phi) is 5.16. The lowest BCUT2D eigenvalue weighted by Gasteiger charge is -2.15. The summed E-state index contributed by atoms with van der Waals surface area (Å²) in [6.45, 7) is 7.42. The summed E-state index contributed by atoms with van der Waals surface area (Å²) in [5.41, 5.74) is 5.03. The normalized spacial score (nSPS) is 14.7. The minimum absolute atomic E-state index is 0.0544. The lowest BCUT2D eigenvalue weighted by atomic mass is 10.2. The summed E-state index contributed by atoms with van der Waals surface area (Å²) in [7, 11) is -1.16. The second kappa shape index (κ2) is 6.06. The van der Waals surface area contributed by atoms with E-state index in [1.54, 1.807) is 0 Å². The van der Waals surface area contributed by atoms with E-state index in [1.165, 1.54) is 10.9 Å². The molecule has 1 aromatic rings. The molecule has 0 aliphatic heterocycles. The van der Waals surface area contributed by atoms with Crippen LogP contribution in [-0.2, 0) is 11.5 Å². The fourth-order valence-corrected chi connectivity index (χ4v) is 2.09. The van der Waals surface area contributed by atoms with Crippen molar-refractivity contribution in [1.82, 2.24) is 9.78 Å². The van der Waals surface area contributed by atoms with Gasteiger partial charge in [-0.3, -0.25) is 0 Å². The van der Waals surface area contributed by atoms with E-state index in [0.29, 0.717) is 6.61 Å². The lowest BCUT2D eigenvalue weighted by molar-refractivity contribution is -0.149. The number of alkyl halides is 3. The van der Waals surface area contributed by atoms with Crippen LogP contribution in [0, 0.1) is 0 Å². The number of halogens is 3. The van der Waals surface area contributed by atoms with Crippen LogP contribution in [-0.4, -0.2) is 30.6 Å². The van der Waals surface area contributed by atoms with Crippen molar-refractivity contribution in [3.63, 3.8) is 0 Å². The average Bonchev–Trinajstić information content (AvgIpc) is 2.69. The molecule has 4 nitrogen and oxygen atoms in total. The Morgan fingerprint density at radius 1 is 1.42 bits per heavy atom. The molecule has 19 heavy (non-hydrogen) atoms. The van der Waals surface area contributed by atoms with Gasteiger partial charge in [0.1, 0.15) is 12.8 Å². The zero-order valence-electron chi connectivity index (χ0n) is 11.4. The van der Waals surface area contributed by atoms with Crippen LogP contribution in [0.5, 0.6) is 0 Å². The predicted octanol–water partition coefficient (Wildman–Crippen LogP) is 2.76. The molecule has 1 atom stereocenters. The predicted molar refractivity (Wildman–Crippen MR) is 69.3 cm³/mol. The molecule has 0 aliphatic carbocycles. The van der Waals surface area contributed by atoms with E-state index < -0.39 is 20.3 Å². The van der Waals surface area contributed by atoms with E-state index in [4.69, 9.17) is 10.5 Å². The molecule has 2 N–H and O–H groups in total. The summed E-state index contributed by atoms with van der Waals surface area (Å²) >= 11 is 0. The molecule has 110 valence electrons. The van der Waals surface area contributed by atoms with Crippen LogP contribution >= 0.6 is 0 Å². The maximum atomic E-state index is 12.4. The van der Waals surface area contributed by atoms with Crippen molar-refractivity contribution in [2.45, 2.75) is 44.6 Å². The Morgan fingerprint density at radius 2 is 2.05 bits per heavy atom. The number of hydrogen-bond acceptors (Lipinski definition) is 3. The molecule has 0 bridgehead atoms. The molecule has 1 aromatic heterocycles. The highest BCUT2D eigenvalue weighted by molar-refractivity contribution is 6.76. The van der Waals surface area contributed by atoms with E-state index in [2.05, 4.69) is 24.7 Å². The van der Waals surface area contributed by atoms with Gasteiger partial charge in [0.2, 0.25) is 0 Å². The van der Waals surface area contributed by atoms with Crippen LogP contribution in [0.15, 0.2) is 12.4 Å². The molecule has 0 fully saturated rings. The standard InChI is InChI=1S/C11H20F3N3OSi/c1-19(2,3)5-4-18-8-17-7-9(6-16-17)10(15)11(12,13)14/h6-7,10H,4-5,8,15H2,1-3H3. The minimum Gasteiger partial charge on any atom is -0.360 e. The van der Waals surface area contributed by atoms with Gasteiger partial charge < -0.3 is 10.5 Å². The second-order valence-corrected chi connectivity index (χ2v) is 11.3. The maximum absolute atomic E-state index is 12.4. The van der Waals surface area contributed by atoms with E-state index >= 15 is 0 Å². The highest BCUT2D eigenvalue weighted by Gasteiger charge is 2.38. The Hall–Kier alpha value is -0.863. The summed E-state index contributed by atoms with van der Waals surface area (Å²) in [4.78, 5) is 0. The SMILES string of the molecule is C[Si](C)(C)CCOCn1cc(C(N)C(F)(F)F)cn1. The molecule has 8 heteroatoms. The second-order valence-electron chi connectivity index (χ2n) is 5.68. The summed E-state index contributed by atoms with van der Waals surface area (Å²) in [6.07, 6.45) is -2.06. The molecule has 0 amide bonds. The number of hydrogen-bond donors (Lipinski definition) is 1. The number of rotatable bonds is 6. The third kappa shape index (κ3) is 5.75. The van der Waals surface area contributed by atoms with Crippen LogP contribution in [0.25, 0.3) is 0 Å². The van der Waals surface area contributed by atoms with Crippen molar-refractivity contribution >= 4 is 8.07 Å². The molecule has 0 saturated carbocycles. The first-order valence-electron chi connectivity index (χ1n) is 6.02. The van der Waals surface area contributed by atoms with E-state index in [0.717, 1.165) is 12.2 Å². The van der Waals surface area contributed by atoms with Gasteiger partial charge in [-0.2, -0.15) is 18.3 Å². The molecule has 0 aromatic carbocycles. The Morgan fingerprint density at radius 3 is 2.58 bits per heavy atom. The fourth-order valence-electron chi connectivity index (χ4n) is 1.34. The van der Waals surface area contributed by atoms with Gasteiger partial charge in [-0.05, 0) is 6.04 Å². The topological polar surface area (TPSA) is 53.1 Å². The number of nitrogens with two attached hydrogens (primary N) is 1. The molecule has 1 rings (SSSR count). The molecule has 0 spiro atoms. The van der Waals surface area contributed by atoms with Gasteiger partial charge in [0, 0.05) is 26.4 Å². The fraction of sp³-hybridized carbons (Fsp3) is 0.727. The van der Waals surface area contributed by atoms with Crippen molar-refractivity contribution in [1.29, 1.82) is 0 Å². The molecule has 0 radical (unpaired) electrons. The van der Waals surface area contributed by atoms with Gasteiger partial charge in [-0.15, -0.1) is 0 Å². The highest BCUT2D eigenvalue weighted by Crippen LogP contribution is 2.29. The monoisotopic (exact) mass is 295 g/mol. The van der Waals surface area contributed by atoms with Gasteiger partial charge >= 0.3 is 6.18 Å². The molecular weight excluding hydrogens is 275 g/mol. The van der Waals surface area contributed by atoms with Crippen molar-refractivity contribution in [2.75, 3.05) is 6.61 Å². The van der Waals surface area contributed by atoms with E-state index in [1.807, 2.05) is 0 Å². The number of nitrogens with zero attached hydrogens (tertiary/aromatic N) is 2. The minimum atomic E-state index is -4.45. The summed E-state index contributed by atoms with van der Waals surface area (Å²) in [5, 5.41) is 3.81. The summed E-state index contributed by atoms with van der Waals surface area (Å²) < 4.78 is 43.9. The van der Waals surface area contributed by atoms with Crippen LogP contribution in [0.1, 0.15) is 11.6 Å². The van der Waals surface area contributed by atoms with Crippen LogP contribution in [0.4, 0.5) is 13.2 Å². The summed E-state index contributed by atoms with van der Waals surface area (Å²) in [6, 6.07) is -0.994. The smallest absolute Gasteiger partial charge is 0.360 e. The summed E-state index contributed by atoms with van der Waals surface area (Å²) in [5.74, 6) is 0. The molecule has 0 aliphatic rings. The first-order chi connectivity index (χ1) is 8.59. The van der Waals surface area contributed by atoms with Crippen molar-refractivity contribution in [2.24, 2.45) is 5.73 Å². The van der Waals surface area contributed by atoms with E-state index in [-0.39, 0.29) is 12.3 Å². The van der Waals surface area contributed by atoms with Gasteiger partial charge in [0.25, 0.3) is 0 Å². The molecule has 1 unspecified atom stereocenters. The third-order valence-corrected chi connectivity index (χ3v) is 4.29. The van der Waals surface area contributed by atoms with Gasteiger partial charge in [-0.25, -0.2) is 4.68 Å². The molecule has 0 saturated heterocycles. The van der Waals surface area contributed by atoms with Gasteiger partial charge in [0.15, 0.2) is 0 Å². The number of aromatic nitrogens is 2. The zero-order chi connectivity index (χ0) is 14.7. The van der Waals surface area contributed by atoms with Crippen molar-refractivity contribution in [3.05, 3.63) is 18.0 Å². The first-order valence-corrected chi connectivity index (χ1v) is 9.73. The molecular formula is C11H20F3N3OSi. The quantitative estimate of drug-likeness (QED) is 0.648. The Labute approximate surface area is 111 Å². The largest absolute Gasteiger partial charge is 0.407 e. The number of ether oxygens (including phenoxy) is 1. The lowest BCUT2D eigenvalue weighted by Crippen LogP contribution is -2.28. The van der Waals surface area contributed by atoms with Crippen molar-refractivity contribution in [3.8, 4) is 0 Å². The molecule has 1 heterocycles. The highest BCUT2D eigenvalue weighted by atomic mass is 28.3. The maximum Gasteiger partial charge on any atom is 0.407 e. The Balaban J connectivity index is 2.43. The van der Waals surface area contributed by atoms with E-state index in [9.17, 15) is 13.2 Å². The zero-order valence-corrected chi connectivity index (χ0v) is 12.4. The first kappa shape index (κ1) is 16.2. The van der Waals surface area contributed by atoms with Gasteiger partial charge in [0.05, 0.1) is 6.20 Å². The Bertz CT molecular complexity index is 401. The van der Waals surface area contributed by atoms with Crippen LogP contribution in [0.2, 0.25) is 25.7 Å². The third-order valence-electron chi connectivity index (χ3n) is 2.58. The van der Waals surface area contributed by atoms with Crippen LogP contribution < -0.4 is 5.73 Å². The van der Waals surface area contributed by atoms with Gasteiger partial charge in [-0.1, -0.05) is 19.6 Å². The van der Waals surface area contributed by atoms with Crippen molar-refractivity contribution < 1.29 is 17.9 Å². The van der Waals surface area contributed by atoms with Crippen LogP contribution in [0.3, 0.4) is 0 Å². The average molecular weight is 295 g/mol.